The van der Waals surface area contributed by atoms with Crippen molar-refractivity contribution in [3.05, 3.63) is 54.1 Å². The summed E-state index contributed by atoms with van der Waals surface area (Å²) in [4.78, 5) is 14.4. The molecule has 4 heteroatoms. The number of anilines is 3. The minimum atomic E-state index is -0.0961. The van der Waals surface area contributed by atoms with Crippen LogP contribution in [-0.4, -0.2) is 18.6 Å². The molecule has 2 aliphatic rings. The third-order valence-corrected chi connectivity index (χ3v) is 5.01. The van der Waals surface area contributed by atoms with Crippen LogP contribution >= 0.6 is 0 Å². The molecule has 2 N–H and O–H groups in total. The normalized spacial score (nSPS) is 16.9. The highest BCUT2D eigenvalue weighted by Gasteiger charge is 2.20. The van der Waals surface area contributed by atoms with E-state index in [1.807, 2.05) is 12.1 Å². The van der Waals surface area contributed by atoms with E-state index in [1.54, 1.807) is 0 Å². The van der Waals surface area contributed by atoms with Crippen LogP contribution in [0.1, 0.15) is 31.2 Å². The van der Waals surface area contributed by atoms with Crippen LogP contribution in [0.4, 0.5) is 21.9 Å². The number of amides is 2. The Balaban J connectivity index is 1.41. The number of hydrogen-bond donors (Lipinski definition) is 2. The van der Waals surface area contributed by atoms with Gasteiger partial charge in [-0.3, -0.25) is 0 Å². The van der Waals surface area contributed by atoms with Gasteiger partial charge in [0.2, 0.25) is 0 Å². The topological polar surface area (TPSA) is 44.4 Å². The molecule has 1 aliphatic carbocycles. The van der Waals surface area contributed by atoms with Gasteiger partial charge >= 0.3 is 6.03 Å². The smallest absolute Gasteiger partial charge is 0.319 e. The Morgan fingerprint density at radius 1 is 1.00 bits per heavy atom. The molecule has 4 rings (SSSR count). The highest BCUT2D eigenvalue weighted by molar-refractivity contribution is 5.89. The summed E-state index contributed by atoms with van der Waals surface area (Å²) in [6.07, 6.45) is 5.72. The number of carbonyl (C=O) groups excluding carboxylic acids is 1. The fraction of sp³-hybridized carbons (Fsp3) is 0.350. The maximum Gasteiger partial charge on any atom is 0.319 e. The molecule has 0 atom stereocenters. The first-order valence-electron chi connectivity index (χ1n) is 8.83. The molecule has 0 bridgehead atoms. The summed E-state index contributed by atoms with van der Waals surface area (Å²) in [6, 6.07) is 16.9. The summed E-state index contributed by atoms with van der Waals surface area (Å²) >= 11 is 0. The second-order valence-corrected chi connectivity index (χ2v) is 6.66. The lowest BCUT2D eigenvalue weighted by Gasteiger charge is -2.20. The molecule has 24 heavy (non-hydrogen) atoms. The third-order valence-electron chi connectivity index (χ3n) is 5.01. The van der Waals surface area contributed by atoms with E-state index < -0.39 is 0 Å². The van der Waals surface area contributed by atoms with E-state index in [2.05, 4.69) is 51.9 Å². The number of carbonyl (C=O) groups is 1. The van der Waals surface area contributed by atoms with Gasteiger partial charge in [0.1, 0.15) is 0 Å². The molecule has 1 fully saturated rings. The van der Waals surface area contributed by atoms with Crippen molar-refractivity contribution in [2.45, 2.75) is 38.1 Å². The van der Waals surface area contributed by atoms with Gasteiger partial charge in [0.25, 0.3) is 0 Å². The Morgan fingerprint density at radius 2 is 1.75 bits per heavy atom. The molecule has 1 aliphatic heterocycles. The van der Waals surface area contributed by atoms with Gasteiger partial charge in [0.15, 0.2) is 0 Å². The second-order valence-electron chi connectivity index (χ2n) is 6.66. The molecule has 2 amide bonds. The van der Waals surface area contributed by atoms with Crippen LogP contribution in [0.5, 0.6) is 0 Å². The number of urea groups is 1. The van der Waals surface area contributed by atoms with E-state index in [0.717, 1.165) is 31.5 Å². The van der Waals surface area contributed by atoms with Crippen LogP contribution in [0, 0.1) is 0 Å². The largest absolute Gasteiger partial charge is 0.341 e. The fourth-order valence-electron chi connectivity index (χ4n) is 3.75. The molecule has 124 valence electrons. The number of fused-ring (bicyclic) bond motifs is 1. The van der Waals surface area contributed by atoms with Gasteiger partial charge in [-0.05, 0) is 55.2 Å². The fourth-order valence-corrected chi connectivity index (χ4v) is 3.75. The number of benzene rings is 2. The van der Waals surface area contributed by atoms with E-state index in [1.165, 1.54) is 29.8 Å². The predicted molar refractivity (Wildman–Crippen MR) is 98.0 cm³/mol. The van der Waals surface area contributed by atoms with Crippen molar-refractivity contribution in [3.8, 4) is 0 Å². The number of para-hydroxylation sites is 1. The second kappa shape index (κ2) is 6.56. The molecule has 0 radical (unpaired) electrons. The lowest BCUT2D eigenvalue weighted by Crippen LogP contribution is -2.36. The van der Waals surface area contributed by atoms with E-state index in [4.69, 9.17) is 0 Å². The van der Waals surface area contributed by atoms with Crippen molar-refractivity contribution in [1.82, 2.24) is 5.32 Å². The Morgan fingerprint density at radius 3 is 2.54 bits per heavy atom. The molecule has 0 aromatic heterocycles. The van der Waals surface area contributed by atoms with Gasteiger partial charge in [-0.15, -0.1) is 0 Å². The average molecular weight is 321 g/mol. The van der Waals surface area contributed by atoms with Crippen LogP contribution in [0.15, 0.2) is 48.5 Å². The maximum absolute atomic E-state index is 12.0. The first kappa shape index (κ1) is 15.1. The minimum Gasteiger partial charge on any atom is -0.341 e. The van der Waals surface area contributed by atoms with Gasteiger partial charge in [0, 0.05) is 29.6 Å². The zero-order valence-corrected chi connectivity index (χ0v) is 13.8. The summed E-state index contributed by atoms with van der Waals surface area (Å²) in [5, 5.41) is 5.99. The summed E-state index contributed by atoms with van der Waals surface area (Å²) in [5.41, 5.74) is 4.69. The van der Waals surface area contributed by atoms with E-state index >= 15 is 0 Å². The van der Waals surface area contributed by atoms with Crippen molar-refractivity contribution in [1.29, 1.82) is 0 Å². The lowest BCUT2D eigenvalue weighted by molar-refractivity contribution is 0.248. The highest BCUT2D eigenvalue weighted by Crippen LogP contribution is 2.34. The number of rotatable bonds is 3. The Bertz CT molecular complexity index is 720. The van der Waals surface area contributed by atoms with Gasteiger partial charge in [-0.2, -0.15) is 0 Å². The number of nitrogens with zero attached hydrogens (tertiary/aromatic N) is 1. The molecule has 2 aromatic carbocycles. The quantitative estimate of drug-likeness (QED) is 0.877. The van der Waals surface area contributed by atoms with E-state index in [0.29, 0.717) is 6.04 Å². The summed E-state index contributed by atoms with van der Waals surface area (Å²) in [5.74, 6) is 0. The SMILES string of the molecule is O=C(Nc1ccc(N2CCc3ccccc32)cc1)NC1CCCC1. The van der Waals surface area contributed by atoms with Crippen LogP contribution in [-0.2, 0) is 6.42 Å². The van der Waals surface area contributed by atoms with Crippen molar-refractivity contribution < 1.29 is 4.79 Å². The standard InChI is InChI=1S/C20H23N3O/c24-20(21-16-6-2-3-7-16)22-17-9-11-18(12-10-17)23-14-13-15-5-1-4-8-19(15)23/h1,4-5,8-12,16H,2-3,6-7,13-14H2,(H2,21,22,24). The number of hydrogen-bond acceptors (Lipinski definition) is 2. The Labute approximate surface area is 142 Å². The summed E-state index contributed by atoms with van der Waals surface area (Å²) < 4.78 is 0. The minimum absolute atomic E-state index is 0.0961. The van der Waals surface area contributed by atoms with Gasteiger partial charge in [-0.25, -0.2) is 4.79 Å². The van der Waals surface area contributed by atoms with Crippen molar-refractivity contribution in [3.63, 3.8) is 0 Å². The highest BCUT2D eigenvalue weighted by atomic mass is 16.2. The molecule has 0 spiro atoms. The molecule has 4 nitrogen and oxygen atoms in total. The zero-order valence-electron chi connectivity index (χ0n) is 13.8. The van der Waals surface area contributed by atoms with E-state index in [-0.39, 0.29) is 6.03 Å². The van der Waals surface area contributed by atoms with E-state index in [9.17, 15) is 4.79 Å². The molecular formula is C20H23N3O. The van der Waals surface area contributed by atoms with Crippen LogP contribution in [0.25, 0.3) is 0 Å². The number of nitrogens with one attached hydrogen (secondary N) is 2. The van der Waals surface area contributed by atoms with Crippen molar-refractivity contribution in [2.75, 3.05) is 16.8 Å². The molecule has 2 aromatic rings. The molecular weight excluding hydrogens is 298 g/mol. The maximum atomic E-state index is 12.0. The third kappa shape index (κ3) is 3.09. The molecule has 0 saturated heterocycles. The first-order chi connectivity index (χ1) is 11.8. The van der Waals surface area contributed by atoms with Gasteiger partial charge < -0.3 is 15.5 Å². The molecule has 1 heterocycles. The van der Waals surface area contributed by atoms with Crippen LogP contribution < -0.4 is 15.5 Å². The summed E-state index contributed by atoms with van der Waals surface area (Å²) in [6.45, 7) is 1.01. The van der Waals surface area contributed by atoms with Gasteiger partial charge in [-0.1, -0.05) is 31.0 Å². The zero-order chi connectivity index (χ0) is 16.4. The first-order valence-corrected chi connectivity index (χ1v) is 8.83. The Kier molecular flexibility index (Phi) is 4.11. The monoisotopic (exact) mass is 321 g/mol. The molecule has 0 unspecified atom stereocenters. The predicted octanol–water partition coefficient (Wildman–Crippen LogP) is 4.44. The van der Waals surface area contributed by atoms with Crippen molar-refractivity contribution in [2.24, 2.45) is 0 Å². The Hall–Kier alpha value is -2.49. The van der Waals surface area contributed by atoms with Crippen LogP contribution in [0.3, 0.4) is 0 Å². The summed E-state index contributed by atoms with van der Waals surface area (Å²) in [7, 11) is 0. The van der Waals surface area contributed by atoms with Crippen molar-refractivity contribution >= 4 is 23.1 Å². The lowest BCUT2D eigenvalue weighted by atomic mass is 10.2. The van der Waals surface area contributed by atoms with Crippen LogP contribution in [0.2, 0.25) is 0 Å². The molecule has 1 saturated carbocycles. The van der Waals surface area contributed by atoms with Gasteiger partial charge in [0.05, 0.1) is 0 Å². The average Bonchev–Trinajstić information content (AvgIpc) is 3.25.